The summed E-state index contributed by atoms with van der Waals surface area (Å²) in [6.07, 6.45) is 2.26. The molecule has 0 aliphatic carbocycles. The zero-order valence-corrected chi connectivity index (χ0v) is 11.1. The number of aliphatic imine (C=N–C) groups is 1. The summed E-state index contributed by atoms with van der Waals surface area (Å²) in [4.78, 5) is 7.03. The van der Waals surface area contributed by atoms with Crippen LogP contribution in [0.3, 0.4) is 0 Å². The Kier molecular flexibility index (Phi) is 3.32. The lowest BCUT2D eigenvalue weighted by Gasteiger charge is -2.17. The number of amidine groups is 1. The zero-order valence-electron chi connectivity index (χ0n) is 11.1. The van der Waals surface area contributed by atoms with Crippen LogP contribution in [0, 0.1) is 13.8 Å². The lowest BCUT2D eigenvalue weighted by Crippen LogP contribution is -2.26. The van der Waals surface area contributed by atoms with Crippen LogP contribution in [-0.4, -0.2) is 23.8 Å². The Morgan fingerprint density at radius 1 is 1.24 bits per heavy atom. The fourth-order valence-electron chi connectivity index (χ4n) is 2.12. The Hall–Kier alpha value is -1.57. The van der Waals surface area contributed by atoms with Gasteiger partial charge in [0.1, 0.15) is 5.84 Å². The minimum Gasteiger partial charge on any atom is -0.353 e. The van der Waals surface area contributed by atoms with Crippen LogP contribution in [0.5, 0.6) is 0 Å². The van der Waals surface area contributed by atoms with E-state index in [0.29, 0.717) is 0 Å². The monoisotopic (exact) mass is 228 g/mol. The third kappa shape index (κ3) is 2.76. The first-order chi connectivity index (χ1) is 8.06. The van der Waals surface area contributed by atoms with Gasteiger partial charge in [-0.3, -0.25) is 0 Å². The summed E-state index contributed by atoms with van der Waals surface area (Å²) in [5, 5.41) is 0. The Balaban J connectivity index is 2.18. The average Bonchev–Trinajstić information content (AvgIpc) is 2.69. The van der Waals surface area contributed by atoms with Crippen molar-refractivity contribution in [2.75, 3.05) is 13.1 Å². The van der Waals surface area contributed by atoms with Crippen LogP contribution in [0.4, 0.5) is 5.69 Å². The SMILES string of the molecule is CC1=CCN(/C(C)=N/c2ccc(C)cc2C)C1. The van der Waals surface area contributed by atoms with Gasteiger partial charge in [0, 0.05) is 13.1 Å². The molecular weight excluding hydrogens is 208 g/mol. The van der Waals surface area contributed by atoms with Crippen LogP contribution in [0.25, 0.3) is 0 Å². The third-order valence-electron chi connectivity index (χ3n) is 3.19. The van der Waals surface area contributed by atoms with Gasteiger partial charge in [-0.2, -0.15) is 0 Å². The van der Waals surface area contributed by atoms with E-state index in [9.17, 15) is 0 Å². The van der Waals surface area contributed by atoms with E-state index >= 15 is 0 Å². The van der Waals surface area contributed by atoms with Crippen molar-refractivity contribution in [3.8, 4) is 0 Å². The number of hydrogen-bond donors (Lipinski definition) is 0. The maximum Gasteiger partial charge on any atom is 0.102 e. The normalized spacial score (nSPS) is 16.4. The molecule has 0 spiro atoms. The second-order valence-corrected chi connectivity index (χ2v) is 4.88. The second kappa shape index (κ2) is 4.74. The summed E-state index contributed by atoms with van der Waals surface area (Å²) in [5.41, 5.74) is 5.05. The van der Waals surface area contributed by atoms with Crippen molar-refractivity contribution in [2.45, 2.75) is 27.7 Å². The molecule has 90 valence electrons. The van der Waals surface area contributed by atoms with E-state index in [2.05, 4.69) is 56.9 Å². The van der Waals surface area contributed by atoms with E-state index in [1.807, 2.05) is 0 Å². The average molecular weight is 228 g/mol. The molecule has 17 heavy (non-hydrogen) atoms. The highest BCUT2D eigenvalue weighted by Gasteiger charge is 2.12. The molecular formula is C15H20N2. The molecule has 0 aromatic heterocycles. The van der Waals surface area contributed by atoms with Gasteiger partial charge in [0.15, 0.2) is 0 Å². The number of hydrogen-bond acceptors (Lipinski definition) is 1. The Labute approximate surface area is 104 Å². The van der Waals surface area contributed by atoms with E-state index < -0.39 is 0 Å². The molecule has 2 rings (SSSR count). The van der Waals surface area contributed by atoms with Crippen molar-refractivity contribution in [3.05, 3.63) is 41.0 Å². The minimum absolute atomic E-state index is 0.992. The van der Waals surface area contributed by atoms with E-state index in [0.717, 1.165) is 24.6 Å². The molecule has 2 nitrogen and oxygen atoms in total. The van der Waals surface area contributed by atoms with E-state index in [-0.39, 0.29) is 0 Å². The molecule has 0 amide bonds. The van der Waals surface area contributed by atoms with Crippen molar-refractivity contribution in [2.24, 2.45) is 4.99 Å². The molecule has 0 bridgehead atoms. The first-order valence-corrected chi connectivity index (χ1v) is 6.09. The quantitative estimate of drug-likeness (QED) is 0.407. The molecule has 0 radical (unpaired) electrons. The summed E-state index contributed by atoms with van der Waals surface area (Å²) in [6, 6.07) is 6.40. The first-order valence-electron chi connectivity index (χ1n) is 6.09. The summed E-state index contributed by atoms with van der Waals surface area (Å²) >= 11 is 0. The Bertz CT molecular complexity index is 484. The van der Waals surface area contributed by atoms with Crippen molar-refractivity contribution >= 4 is 11.5 Å². The highest BCUT2D eigenvalue weighted by Crippen LogP contribution is 2.21. The maximum atomic E-state index is 4.73. The first kappa shape index (κ1) is 11.9. The van der Waals surface area contributed by atoms with Crippen molar-refractivity contribution in [3.63, 3.8) is 0 Å². The van der Waals surface area contributed by atoms with Gasteiger partial charge in [0.25, 0.3) is 0 Å². The Morgan fingerprint density at radius 3 is 2.59 bits per heavy atom. The predicted octanol–water partition coefficient (Wildman–Crippen LogP) is 3.62. The fraction of sp³-hybridized carbons (Fsp3) is 0.400. The van der Waals surface area contributed by atoms with Crippen molar-refractivity contribution in [1.82, 2.24) is 4.90 Å². The van der Waals surface area contributed by atoms with E-state index in [4.69, 9.17) is 4.99 Å². The van der Waals surface area contributed by atoms with Gasteiger partial charge < -0.3 is 4.90 Å². The van der Waals surface area contributed by atoms with Gasteiger partial charge in [-0.1, -0.05) is 29.3 Å². The van der Waals surface area contributed by atoms with Gasteiger partial charge in [0.2, 0.25) is 0 Å². The molecule has 1 aromatic rings. The highest BCUT2D eigenvalue weighted by molar-refractivity contribution is 5.83. The van der Waals surface area contributed by atoms with Gasteiger partial charge >= 0.3 is 0 Å². The molecule has 0 unspecified atom stereocenters. The number of benzene rings is 1. The second-order valence-electron chi connectivity index (χ2n) is 4.88. The predicted molar refractivity (Wildman–Crippen MR) is 74.0 cm³/mol. The summed E-state index contributed by atoms with van der Waals surface area (Å²) in [7, 11) is 0. The number of nitrogens with zero attached hydrogens (tertiary/aromatic N) is 2. The largest absolute Gasteiger partial charge is 0.353 e. The molecule has 0 atom stereocenters. The maximum absolute atomic E-state index is 4.73. The lowest BCUT2D eigenvalue weighted by atomic mass is 10.1. The van der Waals surface area contributed by atoms with Gasteiger partial charge in [-0.25, -0.2) is 4.99 Å². The smallest absolute Gasteiger partial charge is 0.102 e. The standard InChI is InChI=1S/C15H20N2/c1-11-5-6-15(13(3)9-11)16-14(4)17-8-7-12(2)10-17/h5-7,9H,8,10H2,1-4H3/b16-14+. The Morgan fingerprint density at radius 2 is 2.00 bits per heavy atom. The summed E-state index contributed by atoms with van der Waals surface area (Å²) < 4.78 is 0. The molecule has 0 saturated heterocycles. The number of rotatable bonds is 1. The van der Waals surface area contributed by atoms with Gasteiger partial charge in [-0.15, -0.1) is 0 Å². The van der Waals surface area contributed by atoms with Crippen LogP contribution in [-0.2, 0) is 0 Å². The van der Waals surface area contributed by atoms with Crippen LogP contribution in [0.1, 0.15) is 25.0 Å². The highest BCUT2D eigenvalue weighted by atomic mass is 15.2. The molecule has 0 saturated carbocycles. The topological polar surface area (TPSA) is 15.6 Å². The molecule has 1 aromatic carbocycles. The lowest BCUT2D eigenvalue weighted by molar-refractivity contribution is 0.530. The van der Waals surface area contributed by atoms with Crippen LogP contribution >= 0.6 is 0 Å². The summed E-state index contributed by atoms with van der Waals surface area (Å²) in [5.74, 6) is 1.10. The van der Waals surface area contributed by atoms with Crippen LogP contribution in [0.15, 0.2) is 34.8 Å². The summed E-state index contributed by atoms with van der Waals surface area (Å²) in [6.45, 7) is 10.5. The van der Waals surface area contributed by atoms with E-state index in [1.54, 1.807) is 0 Å². The molecule has 1 aliphatic rings. The van der Waals surface area contributed by atoms with Crippen LogP contribution < -0.4 is 0 Å². The van der Waals surface area contributed by atoms with Crippen molar-refractivity contribution in [1.29, 1.82) is 0 Å². The zero-order chi connectivity index (χ0) is 12.4. The third-order valence-corrected chi connectivity index (χ3v) is 3.19. The fourth-order valence-corrected chi connectivity index (χ4v) is 2.12. The van der Waals surface area contributed by atoms with Gasteiger partial charge in [0.05, 0.1) is 5.69 Å². The molecule has 2 heteroatoms. The molecule has 1 aliphatic heterocycles. The molecule has 1 heterocycles. The molecule has 0 N–H and O–H groups in total. The number of aryl methyl sites for hydroxylation is 2. The van der Waals surface area contributed by atoms with Gasteiger partial charge in [-0.05, 0) is 39.3 Å². The van der Waals surface area contributed by atoms with Crippen molar-refractivity contribution < 1.29 is 0 Å². The minimum atomic E-state index is 0.992. The van der Waals surface area contributed by atoms with E-state index in [1.165, 1.54) is 16.7 Å². The molecule has 0 fully saturated rings. The van der Waals surface area contributed by atoms with Crippen LogP contribution in [0.2, 0.25) is 0 Å².